The van der Waals surface area contributed by atoms with Crippen molar-refractivity contribution < 1.29 is 14.3 Å². The van der Waals surface area contributed by atoms with Gasteiger partial charge in [-0.2, -0.15) is 0 Å². The molecule has 2 rings (SSSR count). The summed E-state index contributed by atoms with van der Waals surface area (Å²) in [6.07, 6.45) is 0. The summed E-state index contributed by atoms with van der Waals surface area (Å²) in [5.74, 6) is -1.17. The standard InChI is InChI=1S/C20H24N2O4/c1-11-7-8-16(12(2)9-11)22-18(24)15-10-14(13(3)21-17(15)23)19(25)26-20(4,5)6/h7-10H,1-6H3,(H,21,23)(H,22,24). The summed E-state index contributed by atoms with van der Waals surface area (Å²) in [6.45, 7) is 10.7. The zero-order valence-electron chi connectivity index (χ0n) is 15.9. The van der Waals surface area contributed by atoms with E-state index in [1.54, 1.807) is 33.8 Å². The van der Waals surface area contributed by atoms with E-state index < -0.39 is 23.0 Å². The van der Waals surface area contributed by atoms with Crippen LogP contribution in [0.4, 0.5) is 5.69 Å². The summed E-state index contributed by atoms with van der Waals surface area (Å²) in [6, 6.07) is 6.86. The molecule has 26 heavy (non-hydrogen) atoms. The Balaban J connectivity index is 2.36. The van der Waals surface area contributed by atoms with Crippen LogP contribution in [0.2, 0.25) is 0 Å². The molecule has 138 valence electrons. The number of nitrogens with one attached hydrogen (secondary N) is 2. The lowest BCUT2D eigenvalue weighted by Gasteiger charge is -2.20. The fraction of sp³-hybridized carbons (Fsp3) is 0.350. The number of benzene rings is 1. The molecular formula is C20H24N2O4. The number of hydrogen-bond acceptors (Lipinski definition) is 4. The van der Waals surface area contributed by atoms with Crippen LogP contribution in [0.3, 0.4) is 0 Å². The molecule has 1 amide bonds. The molecule has 0 saturated heterocycles. The number of pyridine rings is 1. The highest BCUT2D eigenvalue weighted by atomic mass is 16.6. The second-order valence-electron chi connectivity index (χ2n) is 7.33. The van der Waals surface area contributed by atoms with Gasteiger partial charge in [0.1, 0.15) is 11.2 Å². The predicted octanol–water partition coefficient (Wildman–Crippen LogP) is 3.51. The van der Waals surface area contributed by atoms with Gasteiger partial charge in [-0.25, -0.2) is 4.79 Å². The molecule has 6 nitrogen and oxygen atoms in total. The smallest absolute Gasteiger partial charge is 0.340 e. The molecule has 1 aromatic carbocycles. The van der Waals surface area contributed by atoms with Gasteiger partial charge in [-0.1, -0.05) is 17.7 Å². The molecule has 1 aromatic heterocycles. The second-order valence-corrected chi connectivity index (χ2v) is 7.33. The van der Waals surface area contributed by atoms with E-state index in [1.807, 2.05) is 26.0 Å². The van der Waals surface area contributed by atoms with E-state index in [9.17, 15) is 14.4 Å². The monoisotopic (exact) mass is 356 g/mol. The first-order valence-corrected chi connectivity index (χ1v) is 8.34. The Morgan fingerprint density at radius 3 is 2.27 bits per heavy atom. The van der Waals surface area contributed by atoms with Crippen molar-refractivity contribution >= 4 is 17.6 Å². The van der Waals surface area contributed by atoms with E-state index >= 15 is 0 Å². The van der Waals surface area contributed by atoms with Gasteiger partial charge in [-0.3, -0.25) is 9.59 Å². The third kappa shape index (κ3) is 4.59. The van der Waals surface area contributed by atoms with Gasteiger partial charge < -0.3 is 15.0 Å². The maximum Gasteiger partial charge on any atom is 0.340 e. The molecule has 2 aromatic rings. The Hall–Kier alpha value is -2.89. The van der Waals surface area contributed by atoms with Crippen LogP contribution in [0.5, 0.6) is 0 Å². The highest BCUT2D eigenvalue weighted by Crippen LogP contribution is 2.18. The van der Waals surface area contributed by atoms with Crippen molar-refractivity contribution in [1.29, 1.82) is 0 Å². The number of amides is 1. The molecule has 0 aliphatic rings. The van der Waals surface area contributed by atoms with E-state index in [2.05, 4.69) is 10.3 Å². The number of esters is 1. The minimum atomic E-state index is -0.679. The number of aromatic amines is 1. The molecule has 0 spiro atoms. The normalized spacial score (nSPS) is 11.2. The quantitative estimate of drug-likeness (QED) is 0.824. The molecular weight excluding hydrogens is 332 g/mol. The highest BCUT2D eigenvalue weighted by Gasteiger charge is 2.22. The van der Waals surface area contributed by atoms with Crippen LogP contribution in [0.15, 0.2) is 29.1 Å². The summed E-state index contributed by atoms with van der Waals surface area (Å²) in [4.78, 5) is 39.7. The van der Waals surface area contributed by atoms with Gasteiger partial charge in [0, 0.05) is 11.4 Å². The fourth-order valence-corrected chi connectivity index (χ4v) is 2.48. The minimum absolute atomic E-state index is 0.142. The van der Waals surface area contributed by atoms with Gasteiger partial charge >= 0.3 is 5.97 Å². The summed E-state index contributed by atoms with van der Waals surface area (Å²) < 4.78 is 5.34. The van der Waals surface area contributed by atoms with Crippen LogP contribution in [-0.2, 0) is 4.74 Å². The van der Waals surface area contributed by atoms with E-state index in [0.29, 0.717) is 11.4 Å². The first-order valence-electron chi connectivity index (χ1n) is 8.34. The average molecular weight is 356 g/mol. The van der Waals surface area contributed by atoms with Crippen LogP contribution in [0, 0.1) is 20.8 Å². The molecule has 0 fully saturated rings. The predicted molar refractivity (Wildman–Crippen MR) is 101 cm³/mol. The van der Waals surface area contributed by atoms with Crippen molar-refractivity contribution in [2.24, 2.45) is 0 Å². The number of aromatic nitrogens is 1. The molecule has 6 heteroatoms. The number of anilines is 1. The Morgan fingerprint density at radius 2 is 1.69 bits per heavy atom. The van der Waals surface area contributed by atoms with E-state index in [1.165, 1.54) is 6.07 Å². The molecule has 0 aliphatic heterocycles. The first kappa shape index (κ1) is 19.4. The average Bonchev–Trinajstić information content (AvgIpc) is 2.48. The molecule has 2 N–H and O–H groups in total. The maximum absolute atomic E-state index is 12.6. The fourth-order valence-electron chi connectivity index (χ4n) is 2.48. The number of carbonyl (C=O) groups excluding carboxylic acids is 2. The van der Waals surface area contributed by atoms with Crippen LogP contribution in [0.1, 0.15) is 58.3 Å². The molecule has 0 bridgehead atoms. The Bertz CT molecular complexity index is 920. The third-order valence-electron chi connectivity index (χ3n) is 3.73. The molecule has 1 heterocycles. The van der Waals surface area contributed by atoms with Gasteiger partial charge in [0.05, 0.1) is 5.56 Å². The number of ether oxygens (including phenoxy) is 1. The lowest BCUT2D eigenvalue weighted by molar-refractivity contribution is 0.00681. The summed E-state index contributed by atoms with van der Waals surface area (Å²) >= 11 is 0. The van der Waals surface area contributed by atoms with Crippen molar-refractivity contribution in [2.75, 3.05) is 5.32 Å². The molecule has 0 aliphatic carbocycles. The van der Waals surface area contributed by atoms with Crippen molar-refractivity contribution in [1.82, 2.24) is 4.98 Å². The van der Waals surface area contributed by atoms with Gasteiger partial charge in [0.15, 0.2) is 0 Å². The summed E-state index contributed by atoms with van der Waals surface area (Å²) in [5, 5.41) is 2.72. The summed E-state index contributed by atoms with van der Waals surface area (Å²) in [5.41, 5.74) is 1.70. The van der Waals surface area contributed by atoms with Gasteiger partial charge in [0.25, 0.3) is 11.5 Å². The number of rotatable bonds is 3. The topological polar surface area (TPSA) is 88.3 Å². The number of H-pyrrole nitrogens is 1. The Morgan fingerprint density at radius 1 is 1.04 bits per heavy atom. The van der Waals surface area contributed by atoms with E-state index in [-0.39, 0.29) is 11.1 Å². The maximum atomic E-state index is 12.6. The number of hydrogen-bond donors (Lipinski definition) is 2. The van der Waals surface area contributed by atoms with E-state index in [0.717, 1.165) is 11.1 Å². The first-order chi connectivity index (χ1) is 12.0. The van der Waals surface area contributed by atoms with Gasteiger partial charge in [-0.05, 0) is 59.2 Å². The zero-order valence-corrected chi connectivity index (χ0v) is 15.9. The van der Waals surface area contributed by atoms with Crippen LogP contribution in [0.25, 0.3) is 0 Å². The highest BCUT2D eigenvalue weighted by molar-refractivity contribution is 6.05. The lowest BCUT2D eigenvalue weighted by Crippen LogP contribution is -2.28. The number of aryl methyl sites for hydroxylation is 3. The molecule has 0 radical (unpaired) electrons. The molecule has 0 atom stereocenters. The van der Waals surface area contributed by atoms with Crippen LogP contribution < -0.4 is 10.9 Å². The SMILES string of the molecule is Cc1ccc(NC(=O)c2cc(C(=O)OC(C)(C)C)c(C)[nH]c2=O)c(C)c1. The van der Waals surface area contributed by atoms with Crippen molar-refractivity contribution in [2.45, 2.75) is 47.1 Å². The Labute approximate surface area is 152 Å². The Kier molecular flexibility index (Phi) is 5.35. The lowest BCUT2D eigenvalue weighted by atomic mass is 10.1. The van der Waals surface area contributed by atoms with Crippen LogP contribution in [-0.4, -0.2) is 22.5 Å². The van der Waals surface area contributed by atoms with Crippen molar-refractivity contribution in [3.63, 3.8) is 0 Å². The van der Waals surface area contributed by atoms with Crippen LogP contribution >= 0.6 is 0 Å². The molecule has 0 saturated carbocycles. The zero-order chi connectivity index (χ0) is 19.6. The van der Waals surface area contributed by atoms with Crippen molar-refractivity contribution in [3.8, 4) is 0 Å². The van der Waals surface area contributed by atoms with Gasteiger partial charge in [-0.15, -0.1) is 0 Å². The number of carbonyl (C=O) groups is 2. The van der Waals surface area contributed by atoms with Crippen molar-refractivity contribution in [3.05, 3.63) is 62.6 Å². The summed E-state index contributed by atoms with van der Waals surface area (Å²) in [7, 11) is 0. The molecule has 0 unspecified atom stereocenters. The largest absolute Gasteiger partial charge is 0.456 e. The van der Waals surface area contributed by atoms with Gasteiger partial charge in [0.2, 0.25) is 0 Å². The van der Waals surface area contributed by atoms with E-state index in [4.69, 9.17) is 4.74 Å². The third-order valence-corrected chi connectivity index (χ3v) is 3.73. The second kappa shape index (κ2) is 7.15. The minimum Gasteiger partial charge on any atom is -0.456 e.